The van der Waals surface area contributed by atoms with Crippen molar-refractivity contribution in [1.82, 2.24) is 29.0 Å². The first-order valence-electron chi connectivity index (χ1n) is 11.9. The van der Waals surface area contributed by atoms with Gasteiger partial charge in [0, 0.05) is 31.9 Å². The SMILES string of the molecule is CN(C(=O)c1cc2c(cc1F)nc(N)c1cncn12)C1COC(C)(C)c2cc(-c3cnn(C)c3)ccc21. The molecule has 3 aromatic heterocycles. The van der Waals surface area contributed by atoms with Crippen molar-refractivity contribution in [2.24, 2.45) is 7.05 Å². The number of benzene rings is 2. The Labute approximate surface area is 212 Å². The third-order valence-electron chi connectivity index (χ3n) is 7.19. The van der Waals surface area contributed by atoms with Gasteiger partial charge < -0.3 is 15.4 Å². The fourth-order valence-electron chi connectivity index (χ4n) is 5.09. The maximum atomic E-state index is 15.2. The first-order chi connectivity index (χ1) is 17.6. The second kappa shape index (κ2) is 8.10. The Morgan fingerprint density at radius 1 is 1.19 bits per heavy atom. The van der Waals surface area contributed by atoms with Gasteiger partial charge in [0.1, 0.15) is 17.2 Å². The van der Waals surface area contributed by atoms with Crippen LogP contribution in [0, 0.1) is 5.82 Å². The minimum Gasteiger partial charge on any atom is -0.382 e. The van der Waals surface area contributed by atoms with Crippen LogP contribution in [-0.2, 0) is 17.4 Å². The topological polar surface area (TPSA) is 104 Å². The van der Waals surface area contributed by atoms with Crippen molar-refractivity contribution in [3.05, 3.63) is 77.8 Å². The molecule has 1 aliphatic heterocycles. The molecule has 9 nitrogen and oxygen atoms in total. The number of carbonyl (C=O) groups excluding carboxylic acids is 1. The Hall–Kier alpha value is -4.31. The fraction of sp³-hybridized carbons (Fsp3) is 0.259. The number of anilines is 1. The number of nitrogens with two attached hydrogens (primary N) is 1. The first kappa shape index (κ1) is 23.1. The van der Waals surface area contributed by atoms with Crippen molar-refractivity contribution in [2.75, 3.05) is 19.4 Å². The molecular weight excluding hydrogens is 473 g/mol. The number of hydrogen-bond acceptors (Lipinski definition) is 6. The zero-order valence-electron chi connectivity index (χ0n) is 20.9. The van der Waals surface area contributed by atoms with Crippen LogP contribution in [0.2, 0.25) is 0 Å². The third kappa shape index (κ3) is 3.63. The minimum absolute atomic E-state index is 0.0602. The van der Waals surface area contributed by atoms with Gasteiger partial charge in [-0.3, -0.25) is 13.9 Å². The van der Waals surface area contributed by atoms with Crippen LogP contribution < -0.4 is 5.73 Å². The van der Waals surface area contributed by atoms with Gasteiger partial charge in [-0.05, 0) is 42.7 Å². The van der Waals surface area contributed by atoms with E-state index in [1.54, 1.807) is 28.7 Å². The van der Waals surface area contributed by atoms with Crippen molar-refractivity contribution >= 4 is 28.3 Å². The van der Waals surface area contributed by atoms with Gasteiger partial charge in [0.05, 0.1) is 53.6 Å². The first-order valence-corrected chi connectivity index (χ1v) is 11.9. The lowest BCUT2D eigenvalue weighted by Gasteiger charge is -2.41. The Balaban J connectivity index is 1.40. The van der Waals surface area contributed by atoms with Gasteiger partial charge in [0.2, 0.25) is 0 Å². The number of amides is 1. The smallest absolute Gasteiger partial charge is 0.257 e. The summed E-state index contributed by atoms with van der Waals surface area (Å²) in [5.41, 5.74) is 10.8. The number of halogens is 1. The van der Waals surface area contributed by atoms with Gasteiger partial charge in [0.25, 0.3) is 5.91 Å². The predicted octanol–water partition coefficient (Wildman–Crippen LogP) is 4.08. The van der Waals surface area contributed by atoms with Crippen molar-refractivity contribution in [1.29, 1.82) is 0 Å². The second-order valence-electron chi connectivity index (χ2n) is 9.92. The molecule has 2 N–H and O–H groups in total. The summed E-state index contributed by atoms with van der Waals surface area (Å²) in [6, 6.07) is 8.47. The van der Waals surface area contributed by atoms with E-state index < -0.39 is 23.4 Å². The molecule has 2 aromatic carbocycles. The van der Waals surface area contributed by atoms with E-state index in [0.29, 0.717) is 16.6 Å². The average Bonchev–Trinajstić information content (AvgIpc) is 3.53. The Bertz CT molecular complexity index is 1700. The van der Waals surface area contributed by atoms with Gasteiger partial charge in [-0.25, -0.2) is 14.4 Å². The molecule has 0 fully saturated rings. The molecule has 37 heavy (non-hydrogen) atoms. The number of ether oxygens (including phenoxy) is 1. The van der Waals surface area contributed by atoms with E-state index >= 15 is 4.39 Å². The van der Waals surface area contributed by atoms with E-state index in [4.69, 9.17) is 10.5 Å². The summed E-state index contributed by atoms with van der Waals surface area (Å²) < 4.78 is 24.9. The van der Waals surface area contributed by atoms with Crippen molar-refractivity contribution in [2.45, 2.75) is 25.5 Å². The monoisotopic (exact) mass is 499 g/mol. The molecule has 0 bridgehead atoms. The Morgan fingerprint density at radius 3 is 2.76 bits per heavy atom. The number of aryl methyl sites for hydroxylation is 1. The number of imidazole rings is 1. The quantitative estimate of drug-likeness (QED) is 0.401. The van der Waals surface area contributed by atoms with E-state index in [9.17, 15) is 4.79 Å². The molecule has 5 aromatic rings. The lowest BCUT2D eigenvalue weighted by molar-refractivity contribution is -0.0611. The van der Waals surface area contributed by atoms with Crippen LogP contribution in [-0.4, -0.2) is 48.6 Å². The maximum absolute atomic E-state index is 15.2. The summed E-state index contributed by atoms with van der Waals surface area (Å²) in [7, 11) is 3.55. The fourth-order valence-corrected chi connectivity index (χ4v) is 5.09. The third-order valence-corrected chi connectivity index (χ3v) is 7.19. The Morgan fingerprint density at radius 2 is 2.00 bits per heavy atom. The van der Waals surface area contributed by atoms with Crippen LogP contribution in [0.5, 0.6) is 0 Å². The van der Waals surface area contributed by atoms with Crippen LogP contribution >= 0.6 is 0 Å². The molecule has 0 saturated heterocycles. The van der Waals surface area contributed by atoms with E-state index in [-0.39, 0.29) is 18.0 Å². The summed E-state index contributed by atoms with van der Waals surface area (Å²) in [6.07, 6.45) is 6.91. The van der Waals surface area contributed by atoms with E-state index in [2.05, 4.69) is 21.1 Å². The van der Waals surface area contributed by atoms with E-state index in [0.717, 1.165) is 22.3 Å². The molecule has 1 atom stereocenters. The highest BCUT2D eigenvalue weighted by Crippen LogP contribution is 2.41. The second-order valence-corrected chi connectivity index (χ2v) is 9.92. The molecule has 0 spiro atoms. The van der Waals surface area contributed by atoms with Crippen molar-refractivity contribution < 1.29 is 13.9 Å². The van der Waals surface area contributed by atoms with Crippen LogP contribution in [0.3, 0.4) is 0 Å². The Kier molecular flexibility index (Phi) is 5.06. The van der Waals surface area contributed by atoms with Gasteiger partial charge in [-0.2, -0.15) is 5.10 Å². The number of fused-ring (bicyclic) bond motifs is 4. The van der Waals surface area contributed by atoms with E-state index in [1.165, 1.54) is 17.0 Å². The normalized spacial score (nSPS) is 16.7. The number of carbonyl (C=O) groups is 1. The van der Waals surface area contributed by atoms with Gasteiger partial charge in [-0.15, -0.1) is 0 Å². The van der Waals surface area contributed by atoms with Gasteiger partial charge in [0.15, 0.2) is 0 Å². The number of hydrogen-bond donors (Lipinski definition) is 1. The molecule has 188 valence electrons. The van der Waals surface area contributed by atoms with Crippen molar-refractivity contribution in [3.8, 4) is 11.1 Å². The molecule has 1 amide bonds. The molecule has 0 radical (unpaired) electrons. The lowest BCUT2D eigenvalue weighted by atomic mass is 9.84. The van der Waals surface area contributed by atoms with Crippen LogP contribution in [0.25, 0.3) is 27.7 Å². The number of rotatable bonds is 3. The number of aromatic nitrogens is 5. The van der Waals surface area contributed by atoms with Crippen molar-refractivity contribution in [3.63, 3.8) is 0 Å². The zero-order chi connectivity index (χ0) is 26.1. The lowest BCUT2D eigenvalue weighted by Crippen LogP contribution is -2.41. The molecule has 10 heteroatoms. The molecule has 1 unspecified atom stereocenters. The summed E-state index contributed by atoms with van der Waals surface area (Å²) in [4.78, 5) is 23.6. The molecule has 4 heterocycles. The summed E-state index contributed by atoms with van der Waals surface area (Å²) in [5, 5.41) is 4.27. The molecule has 6 rings (SSSR count). The highest BCUT2D eigenvalue weighted by molar-refractivity contribution is 5.98. The highest BCUT2D eigenvalue weighted by Gasteiger charge is 2.37. The summed E-state index contributed by atoms with van der Waals surface area (Å²) >= 11 is 0. The summed E-state index contributed by atoms with van der Waals surface area (Å²) in [6.45, 7) is 4.30. The molecule has 1 aliphatic rings. The molecule has 0 saturated carbocycles. The average molecular weight is 500 g/mol. The number of nitrogen functional groups attached to an aromatic ring is 1. The van der Waals surface area contributed by atoms with Gasteiger partial charge >= 0.3 is 0 Å². The largest absolute Gasteiger partial charge is 0.382 e. The maximum Gasteiger partial charge on any atom is 0.257 e. The van der Waals surface area contributed by atoms with Crippen LogP contribution in [0.15, 0.2) is 55.2 Å². The number of likely N-dealkylation sites (N-methyl/N-ethyl adjacent to an activating group) is 1. The van der Waals surface area contributed by atoms with Crippen LogP contribution in [0.4, 0.5) is 10.2 Å². The standard InChI is InChI=1S/C27H26FN7O2/c1-27(2)19-7-15(16-10-31-33(3)12-16)5-6-17(19)24(13-37-27)34(4)26(36)18-8-22-21(9-20(18)28)32-25(29)23-11-30-14-35(22)23/h5-12,14,24H,13H2,1-4H3,(H2,29,32). The van der Waals surface area contributed by atoms with E-state index in [1.807, 2.05) is 45.4 Å². The summed E-state index contributed by atoms with van der Waals surface area (Å²) in [5.74, 6) is -0.884. The van der Waals surface area contributed by atoms with Crippen LogP contribution in [0.1, 0.15) is 41.4 Å². The molecule has 0 aliphatic carbocycles. The predicted molar refractivity (Wildman–Crippen MR) is 137 cm³/mol. The zero-order valence-corrected chi connectivity index (χ0v) is 20.9. The molecular formula is C27H26FN7O2. The minimum atomic E-state index is -0.667. The van der Waals surface area contributed by atoms with Gasteiger partial charge in [-0.1, -0.05) is 12.1 Å². The highest BCUT2D eigenvalue weighted by atomic mass is 19.1. The number of nitrogens with zero attached hydrogens (tertiary/aromatic N) is 6.